The number of nitrogen functional groups attached to an aromatic ring is 1. The Bertz CT molecular complexity index is 388. The van der Waals surface area contributed by atoms with Crippen molar-refractivity contribution in [1.82, 2.24) is 9.97 Å². The number of methoxy groups -OCH3 is 1. The highest BCUT2D eigenvalue weighted by molar-refractivity contribution is 5.62. The van der Waals surface area contributed by atoms with Gasteiger partial charge in [0, 0.05) is 5.54 Å². The molecular weight excluding hydrogens is 204 g/mol. The van der Waals surface area contributed by atoms with Crippen LogP contribution in [0.5, 0.6) is 5.75 Å². The number of anilines is 2. The molecule has 0 radical (unpaired) electrons. The SMILES string of the molecule is COc1c(N)ncnc1NC(C)(C)C1CC1. The summed E-state index contributed by atoms with van der Waals surface area (Å²) in [7, 11) is 1.57. The lowest BCUT2D eigenvalue weighted by molar-refractivity contribution is 0.410. The minimum atomic E-state index is 0.0219. The summed E-state index contributed by atoms with van der Waals surface area (Å²) in [5.41, 5.74) is 5.75. The van der Waals surface area contributed by atoms with Crippen LogP contribution in [0.25, 0.3) is 0 Å². The van der Waals surface area contributed by atoms with Crippen LogP contribution in [0, 0.1) is 5.92 Å². The smallest absolute Gasteiger partial charge is 0.203 e. The van der Waals surface area contributed by atoms with Gasteiger partial charge in [-0.1, -0.05) is 0 Å². The fraction of sp³-hybridized carbons (Fsp3) is 0.636. The molecular formula is C11H18N4O. The van der Waals surface area contributed by atoms with Crippen molar-refractivity contribution < 1.29 is 4.74 Å². The van der Waals surface area contributed by atoms with Crippen molar-refractivity contribution in [2.24, 2.45) is 5.92 Å². The zero-order valence-electron chi connectivity index (χ0n) is 9.95. The third kappa shape index (κ3) is 2.03. The maximum Gasteiger partial charge on any atom is 0.203 e. The van der Waals surface area contributed by atoms with E-state index in [4.69, 9.17) is 10.5 Å². The molecule has 0 aliphatic heterocycles. The first kappa shape index (κ1) is 11.0. The van der Waals surface area contributed by atoms with E-state index in [1.807, 2.05) is 0 Å². The molecule has 0 unspecified atom stereocenters. The Hall–Kier alpha value is -1.52. The van der Waals surface area contributed by atoms with Crippen LogP contribution < -0.4 is 15.8 Å². The van der Waals surface area contributed by atoms with Crippen LogP contribution in [0.1, 0.15) is 26.7 Å². The average Bonchev–Trinajstić information content (AvgIpc) is 3.00. The lowest BCUT2D eigenvalue weighted by atomic mass is 9.99. The summed E-state index contributed by atoms with van der Waals surface area (Å²) < 4.78 is 5.21. The molecule has 5 nitrogen and oxygen atoms in total. The molecule has 1 fully saturated rings. The summed E-state index contributed by atoms with van der Waals surface area (Å²) in [5.74, 6) is 2.27. The van der Waals surface area contributed by atoms with E-state index in [1.165, 1.54) is 19.2 Å². The van der Waals surface area contributed by atoms with E-state index in [-0.39, 0.29) is 5.54 Å². The molecule has 0 amide bonds. The minimum absolute atomic E-state index is 0.0219. The van der Waals surface area contributed by atoms with Crippen molar-refractivity contribution in [2.75, 3.05) is 18.2 Å². The summed E-state index contributed by atoms with van der Waals surface area (Å²) in [4.78, 5) is 8.08. The van der Waals surface area contributed by atoms with E-state index in [2.05, 4.69) is 29.1 Å². The first-order chi connectivity index (χ1) is 7.54. The van der Waals surface area contributed by atoms with E-state index in [0.717, 1.165) is 0 Å². The van der Waals surface area contributed by atoms with Gasteiger partial charge in [0.2, 0.25) is 5.75 Å². The summed E-state index contributed by atoms with van der Waals surface area (Å²) in [6.45, 7) is 4.34. The number of rotatable bonds is 4. The van der Waals surface area contributed by atoms with Gasteiger partial charge in [-0.05, 0) is 32.6 Å². The summed E-state index contributed by atoms with van der Waals surface area (Å²) in [6, 6.07) is 0. The monoisotopic (exact) mass is 222 g/mol. The second kappa shape index (κ2) is 3.81. The Morgan fingerprint density at radius 3 is 2.69 bits per heavy atom. The highest BCUT2D eigenvalue weighted by atomic mass is 16.5. The zero-order valence-corrected chi connectivity index (χ0v) is 9.95. The Morgan fingerprint density at radius 1 is 1.44 bits per heavy atom. The molecule has 2 rings (SSSR count). The fourth-order valence-electron chi connectivity index (χ4n) is 1.89. The molecule has 1 heterocycles. The molecule has 1 aromatic heterocycles. The van der Waals surface area contributed by atoms with Gasteiger partial charge in [-0.2, -0.15) is 0 Å². The molecule has 0 saturated heterocycles. The Kier molecular flexibility index (Phi) is 2.61. The van der Waals surface area contributed by atoms with Crippen molar-refractivity contribution in [3.8, 4) is 5.75 Å². The fourth-order valence-corrected chi connectivity index (χ4v) is 1.89. The van der Waals surface area contributed by atoms with Crippen molar-refractivity contribution in [3.63, 3.8) is 0 Å². The van der Waals surface area contributed by atoms with Crippen molar-refractivity contribution >= 4 is 11.6 Å². The molecule has 0 bridgehead atoms. The predicted octanol–water partition coefficient (Wildman–Crippen LogP) is 1.67. The molecule has 1 aliphatic carbocycles. The molecule has 3 N–H and O–H groups in total. The van der Waals surface area contributed by atoms with E-state index in [0.29, 0.717) is 23.3 Å². The third-order valence-corrected chi connectivity index (χ3v) is 3.07. The van der Waals surface area contributed by atoms with Gasteiger partial charge >= 0.3 is 0 Å². The van der Waals surface area contributed by atoms with Gasteiger partial charge in [0.1, 0.15) is 6.33 Å². The predicted molar refractivity (Wildman–Crippen MR) is 63.4 cm³/mol. The van der Waals surface area contributed by atoms with Gasteiger partial charge < -0.3 is 15.8 Å². The molecule has 1 aromatic rings. The molecule has 1 aliphatic rings. The van der Waals surface area contributed by atoms with Crippen molar-refractivity contribution in [2.45, 2.75) is 32.2 Å². The van der Waals surface area contributed by atoms with Gasteiger partial charge in [-0.25, -0.2) is 9.97 Å². The molecule has 0 spiro atoms. The van der Waals surface area contributed by atoms with E-state index in [9.17, 15) is 0 Å². The molecule has 0 aromatic carbocycles. The normalized spacial score (nSPS) is 15.9. The Balaban J connectivity index is 2.23. The second-order valence-corrected chi connectivity index (χ2v) is 4.76. The van der Waals surface area contributed by atoms with Gasteiger partial charge in [0.05, 0.1) is 7.11 Å². The molecule has 16 heavy (non-hydrogen) atoms. The van der Waals surface area contributed by atoms with Gasteiger partial charge in [-0.15, -0.1) is 0 Å². The maximum atomic E-state index is 5.73. The van der Waals surface area contributed by atoms with Crippen LogP contribution in [0.4, 0.5) is 11.6 Å². The second-order valence-electron chi connectivity index (χ2n) is 4.76. The van der Waals surface area contributed by atoms with Crippen LogP contribution in [0.3, 0.4) is 0 Å². The van der Waals surface area contributed by atoms with Gasteiger partial charge in [-0.3, -0.25) is 0 Å². The summed E-state index contributed by atoms with van der Waals surface area (Å²) in [5, 5.41) is 3.38. The first-order valence-electron chi connectivity index (χ1n) is 5.47. The third-order valence-electron chi connectivity index (χ3n) is 3.07. The Labute approximate surface area is 95.4 Å². The largest absolute Gasteiger partial charge is 0.490 e. The maximum absolute atomic E-state index is 5.73. The number of aromatic nitrogens is 2. The molecule has 88 valence electrons. The topological polar surface area (TPSA) is 73.1 Å². The average molecular weight is 222 g/mol. The Morgan fingerprint density at radius 2 is 2.12 bits per heavy atom. The van der Waals surface area contributed by atoms with Crippen LogP contribution >= 0.6 is 0 Å². The minimum Gasteiger partial charge on any atom is -0.490 e. The van der Waals surface area contributed by atoms with Crippen LogP contribution in [0.15, 0.2) is 6.33 Å². The number of ether oxygens (including phenoxy) is 1. The van der Waals surface area contributed by atoms with Crippen molar-refractivity contribution in [1.29, 1.82) is 0 Å². The van der Waals surface area contributed by atoms with Gasteiger partial charge in [0.25, 0.3) is 0 Å². The van der Waals surface area contributed by atoms with Crippen LogP contribution in [-0.2, 0) is 0 Å². The number of hydrogen-bond donors (Lipinski definition) is 2. The van der Waals surface area contributed by atoms with E-state index in [1.54, 1.807) is 7.11 Å². The number of nitrogens with two attached hydrogens (primary N) is 1. The van der Waals surface area contributed by atoms with Crippen LogP contribution in [0.2, 0.25) is 0 Å². The first-order valence-corrected chi connectivity index (χ1v) is 5.47. The lowest BCUT2D eigenvalue weighted by Gasteiger charge is -2.27. The quantitative estimate of drug-likeness (QED) is 0.810. The summed E-state index contributed by atoms with van der Waals surface area (Å²) in [6.07, 6.45) is 3.98. The van der Waals surface area contributed by atoms with Crippen LogP contribution in [-0.4, -0.2) is 22.6 Å². The molecule has 0 atom stereocenters. The lowest BCUT2D eigenvalue weighted by Crippen LogP contribution is -2.34. The highest BCUT2D eigenvalue weighted by Crippen LogP contribution is 2.42. The highest BCUT2D eigenvalue weighted by Gasteiger charge is 2.38. The number of nitrogens with zero attached hydrogens (tertiary/aromatic N) is 2. The van der Waals surface area contributed by atoms with Gasteiger partial charge in [0.15, 0.2) is 11.6 Å². The molecule has 1 saturated carbocycles. The van der Waals surface area contributed by atoms with E-state index < -0.39 is 0 Å². The zero-order chi connectivity index (χ0) is 11.8. The van der Waals surface area contributed by atoms with E-state index >= 15 is 0 Å². The summed E-state index contributed by atoms with van der Waals surface area (Å²) >= 11 is 0. The number of nitrogens with one attached hydrogen (secondary N) is 1. The molecule has 5 heteroatoms. The standard InChI is InChI=1S/C11H18N4O/c1-11(2,7-4-5-7)15-10-8(16-3)9(12)13-6-14-10/h6-7H,4-5H2,1-3H3,(H3,12,13,14,15). The van der Waals surface area contributed by atoms with Crippen molar-refractivity contribution in [3.05, 3.63) is 6.33 Å². The number of hydrogen-bond acceptors (Lipinski definition) is 5.